The van der Waals surface area contributed by atoms with E-state index >= 15 is 0 Å². The maximum atomic E-state index is 12.8. The number of carboxylic acids is 1. The van der Waals surface area contributed by atoms with Crippen molar-refractivity contribution in [2.75, 3.05) is 13.1 Å². The Kier molecular flexibility index (Phi) is 5.63. The minimum atomic E-state index is -0.948. The lowest BCUT2D eigenvalue weighted by molar-refractivity contribution is -0.136. The van der Waals surface area contributed by atoms with Gasteiger partial charge in [-0.05, 0) is 38.7 Å². The van der Waals surface area contributed by atoms with Crippen molar-refractivity contribution < 1.29 is 14.7 Å². The van der Waals surface area contributed by atoms with E-state index < -0.39 is 5.97 Å². The molecule has 0 spiro atoms. The van der Waals surface area contributed by atoms with Crippen LogP contribution >= 0.6 is 0 Å². The third-order valence-corrected chi connectivity index (χ3v) is 5.48. The Morgan fingerprint density at radius 1 is 1.19 bits per heavy atom. The van der Waals surface area contributed by atoms with Crippen LogP contribution in [0.2, 0.25) is 0 Å². The molecule has 1 atom stereocenters. The van der Waals surface area contributed by atoms with Crippen LogP contribution in [0.1, 0.15) is 53.0 Å². The summed E-state index contributed by atoms with van der Waals surface area (Å²) in [6.07, 6.45) is 3.76. The van der Waals surface area contributed by atoms with Crippen LogP contribution in [0.4, 0.5) is 0 Å². The Labute approximate surface area is 159 Å². The second kappa shape index (κ2) is 7.94. The Morgan fingerprint density at radius 3 is 2.37 bits per heavy atom. The Morgan fingerprint density at radius 2 is 1.81 bits per heavy atom. The maximum Gasteiger partial charge on any atom is 0.339 e. The topological polar surface area (TPSA) is 75.4 Å². The quantitative estimate of drug-likeness (QED) is 0.878. The van der Waals surface area contributed by atoms with Crippen molar-refractivity contribution in [1.29, 1.82) is 0 Å². The van der Waals surface area contributed by atoms with Crippen LogP contribution in [-0.2, 0) is 11.2 Å². The molecule has 1 aliphatic rings. The van der Waals surface area contributed by atoms with Gasteiger partial charge in [0.15, 0.2) is 0 Å². The molecule has 27 heavy (non-hydrogen) atoms. The first kappa shape index (κ1) is 19.1. The largest absolute Gasteiger partial charge is 0.478 e. The molecule has 1 unspecified atom stereocenters. The van der Waals surface area contributed by atoms with E-state index in [0.29, 0.717) is 18.8 Å². The second-order valence-electron chi connectivity index (χ2n) is 7.54. The molecular formula is C21H27N3O3. The van der Waals surface area contributed by atoms with Gasteiger partial charge in [0.2, 0.25) is 5.91 Å². The molecule has 6 heteroatoms. The highest BCUT2D eigenvalue weighted by Gasteiger charge is 2.28. The number of carbonyl (C=O) groups is 2. The summed E-state index contributed by atoms with van der Waals surface area (Å²) >= 11 is 0. The minimum Gasteiger partial charge on any atom is -0.478 e. The number of aryl methyl sites for hydroxylation is 1. The Balaban J connectivity index is 1.57. The van der Waals surface area contributed by atoms with Gasteiger partial charge in [-0.25, -0.2) is 4.79 Å². The van der Waals surface area contributed by atoms with Crippen molar-refractivity contribution in [3.63, 3.8) is 0 Å². The monoisotopic (exact) mass is 369 g/mol. The molecule has 0 bridgehead atoms. The minimum absolute atomic E-state index is 0.0469. The summed E-state index contributed by atoms with van der Waals surface area (Å²) in [6.45, 7) is 7.21. The van der Waals surface area contributed by atoms with Crippen molar-refractivity contribution in [3.8, 4) is 0 Å². The number of likely N-dealkylation sites (tertiary alicyclic amines) is 1. The van der Waals surface area contributed by atoms with Gasteiger partial charge in [0.25, 0.3) is 0 Å². The van der Waals surface area contributed by atoms with Gasteiger partial charge in [-0.1, -0.05) is 36.8 Å². The number of rotatable bonds is 5. The van der Waals surface area contributed by atoms with E-state index in [9.17, 15) is 14.7 Å². The molecule has 1 saturated heterocycles. The average Bonchev–Trinajstić information content (AvgIpc) is 3.05. The number of aromatic carboxylic acids is 1. The van der Waals surface area contributed by atoms with Crippen LogP contribution < -0.4 is 0 Å². The summed E-state index contributed by atoms with van der Waals surface area (Å²) in [5, 5.41) is 13.4. The molecule has 3 rings (SSSR count). The Bertz CT molecular complexity index is 818. The number of aromatic nitrogens is 2. The van der Waals surface area contributed by atoms with Gasteiger partial charge in [0, 0.05) is 19.0 Å². The van der Waals surface area contributed by atoms with Gasteiger partial charge in [-0.3, -0.25) is 9.48 Å². The molecule has 1 aliphatic heterocycles. The van der Waals surface area contributed by atoms with Crippen molar-refractivity contribution in [2.45, 2.75) is 46.1 Å². The van der Waals surface area contributed by atoms with Crippen molar-refractivity contribution in [1.82, 2.24) is 14.7 Å². The number of benzene rings is 1. The van der Waals surface area contributed by atoms with Gasteiger partial charge in [0.05, 0.1) is 17.9 Å². The zero-order chi connectivity index (χ0) is 19.6. The molecule has 1 fully saturated rings. The fraction of sp³-hybridized carbons (Fsp3) is 0.476. The lowest BCUT2D eigenvalue weighted by Crippen LogP contribution is -2.42. The highest BCUT2D eigenvalue weighted by atomic mass is 16.4. The summed E-state index contributed by atoms with van der Waals surface area (Å²) in [7, 11) is 0. The molecule has 0 radical (unpaired) electrons. The van der Waals surface area contributed by atoms with Gasteiger partial charge < -0.3 is 10.0 Å². The van der Waals surface area contributed by atoms with E-state index in [-0.39, 0.29) is 23.4 Å². The number of amides is 1. The SMILES string of the molecule is Cc1ccc(CC(C)C(=O)N2CCC(n3ncc(C(=O)O)c3C)CC2)cc1. The third-order valence-electron chi connectivity index (χ3n) is 5.48. The molecule has 0 saturated carbocycles. The first-order chi connectivity index (χ1) is 12.9. The predicted molar refractivity (Wildman–Crippen MR) is 103 cm³/mol. The number of hydrogen-bond donors (Lipinski definition) is 1. The van der Waals surface area contributed by atoms with Crippen LogP contribution in [0.15, 0.2) is 30.5 Å². The zero-order valence-corrected chi connectivity index (χ0v) is 16.2. The lowest BCUT2D eigenvalue weighted by Gasteiger charge is -2.34. The molecule has 1 aromatic carbocycles. The maximum absolute atomic E-state index is 12.8. The lowest BCUT2D eigenvalue weighted by atomic mass is 9.97. The van der Waals surface area contributed by atoms with E-state index in [1.54, 1.807) is 11.6 Å². The molecule has 2 heterocycles. The molecule has 6 nitrogen and oxygen atoms in total. The standard InChI is InChI=1S/C21H27N3O3/c1-14-4-6-17(7-5-14)12-15(2)20(25)23-10-8-18(9-11-23)24-16(3)19(13-22-24)21(26)27/h4-7,13,15,18H,8-12H2,1-3H3,(H,26,27). The van der Waals surface area contributed by atoms with Crippen molar-refractivity contribution in [3.05, 3.63) is 52.8 Å². The molecule has 2 aromatic rings. The smallest absolute Gasteiger partial charge is 0.339 e. The van der Waals surface area contributed by atoms with Gasteiger partial charge >= 0.3 is 5.97 Å². The zero-order valence-electron chi connectivity index (χ0n) is 16.2. The summed E-state index contributed by atoms with van der Waals surface area (Å²) in [5.41, 5.74) is 3.34. The fourth-order valence-corrected chi connectivity index (χ4v) is 3.81. The molecule has 0 aliphatic carbocycles. The second-order valence-corrected chi connectivity index (χ2v) is 7.54. The van der Waals surface area contributed by atoms with Crippen LogP contribution in [0, 0.1) is 19.8 Å². The van der Waals surface area contributed by atoms with E-state index in [1.807, 2.05) is 11.8 Å². The van der Waals surface area contributed by atoms with Crippen LogP contribution in [0.5, 0.6) is 0 Å². The van der Waals surface area contributed by atoms with Crippen LogP contribution in [0.3, 0.4) is 0 Å². The normalized spacial score (nSPS) is 16.3. The van der Waals surface area contributed by atoms with E-state index in [2.05, 4.69) is 36.3 Å². The molecule has 1 N–H and O–H groups in total. The highest BCUT2D eigenvalue weighted by molar-refractivity contribution is 5.88. The predicted octanol–water partition coefficient (Wildman–Crippen LogP) is 3.24. The van der Waals surface area contributed by atoms with Crippen LogP contribution in [0.25, 0.3) is 0 Å². The van der Waals surface area contributed by atoms with Gasteiger partial charge in [-0.15, -0.1) is 0 Å². The average molecular weight is 369 g/mol. The van der Waals surface area contributed by atoms with E-state index in [1.165, 1.54) is 17.3 Å². The number of hydrogen-bond acceptors (Lipinski definition) is 3. The molecule has 1 amide bonds. The van der Waals surface area contributed by atoms with Crippen molar-refractivity contribution in [2.24, 2.45) is 5.92 Å². The van der Waals surface area contributed by atoms with Gasteiger partial charge in [0.1, 0.15) is 5.56 Å². The van der Waals surface area contributed by atoms with E-state index in [0.717, 1.165) is 19.3 Å². The first-order valence-corrected chi connectivity index (χ1v) is 9.48. The van der Waals surface area contributed by atoms with E-state index in [4.69, 9.17) is 0 Å². The van der Waals surface area contributed by atoms with Crippen molar-refractivity contribution >= 4 is 11.9 Å². The Hall–Kier alpha value is -2.63. The summed E-state index contributed by atoms with van der Waals surface area (Å²) < 4.78 is 1.81. The first-order valence-electron chi connectivity index (χ1n) is 9.48. The number of carboxylic acid groups (broad SMARTS) is 1. The molecule has 1 aromatic heterocycles. The number of piperidine rings is 1. The highest BCUT2D eigenvalue weighted by Crippen LogP contribution is 2.26. The fourth-order valence-electron chi connectivity index (χ4n) is 3.81. The summed E-state index contributed by atoms with van der Waals surface area (Å²) in [4.78, 5) is 25.9. The number of nitrogens with zero attached hydrogens (tertiary/aromatic N) is 3. The van der Waals surface area contributed by atoms with Gasteiger partial charge in [-0.2, -0.15) is 5.10 Å². The summed E-state index contributed by atoms with van der Waals surface area (Å²) in [6, 6.07) is 8.48. The summed E-state index contributed by atoms with van der Waals surface area (Å²) in [5.74, 6) is -0.803. The third kappa shape index (κ3) is 4.21. The molecular weight excluding hydrogens is 342 g/mol. The molecule has 144 valence electrons. The van der Waals surface area contributed by atoms with Crippen LogP contribution in [-0.4, -0.2) is 44.8 Å². The number of carbonyl (C=O) groups excluding carboxylic acids is 1.